The standard InChI is InChI=1S/C21H11F8NO2/c22-14-5-3-6-15(23)18(14)19(31)30-11-8-9-17(13(10-11)21(27,28)29)32-16-7-2-1-4-12(16)20(24,25)26/h1-10H,(H,30,31). The van der Waals surface area contributed by atoms with Gasteiger partial charge >= 0.3 is 12.4 Å². The van der Waals surface area contributed by atoms with E-state index in [1.54, 1.807) is 0 Å². The van der Waals surface area contributed by atoms with Gasteiger partial charge in [0.2, 0.25) is 0 Å². The first kappa shape index (κ1) is 23.0. The first-order valence-corrected chi connectivity index (χ1v) is 8.68. The average Bonchev–Trinajstić information content (AvgIpc) is 2.68. The lowest BCUT2D eigenvalue weighted by molar-refractivity contribution is -0.139. The molecule has 0 aliphatic heterocycles. The van der Waals surface area contributed by atoms with Crippen molar-refractivity contribution in [3.63, 3.8) is 0 Å². The van der Waals surface area contributed by atoms with Crippen LogP contribution >= 0.6 is 0 Å². The molecule has 0 fully saturated rings. The van der Waals surface area contributed by atoms with E-state index in [4.69, 9.17) is 4.74 Å². The maximum atomic E-state index is 13.7. The van der Waals surface area contributed by atoms with E-state index in [0.717, 1.165) is 42.5 Å². The molecule has 0 spiro atoms. The molecule has 3 aromatic carbocycles. The molecule has 3 rings (SSSR count). The number of ether oxygens (including phenoxy) is 1. The summed E-state index contributed by atoms with van der Waals surface area (Å²) in [4.78, 5) is 12.1. The molecule has 11 heteroatoms. The molecule has 0 bridgehead atoms. The number of halogens is 8. The Balaban J connectivity index is 1.97. The van der Waals surface area contributed by atoms with Crippen molar-refractivity contribution in [2.45, 2.75) is 12.4 Å². The number of benzene rings is 3. The second-order valence-electron chi connectivity index (χ2n) is 6.36. The van der Waals surface area contributed by atoms with Crippen LogP contribution in [0.2, 0.25) is 0 Å². The monoisotopic (exact) mass is 461 g/mol. The lowest BCUT2D eigenvalue weighted by atomic mass is 10.1. The Bertz CT molecular complexity index is 1140. The highest BCUT2D eigenvalue weighted by molar-refractivity contribution is 6.04. The molecule has 3 aromatic rings. The Morgan fingerprint density at radius 1 is 0.719 bits per heavy atom. The average molecular weight is 461 g/mol. The highest BCUT2D eigenvalue weighted by atomic mass is 19.4. The molecule has 1 N–H and O–H groups in total. The van der Waals surface area contributed by atoms with E-state index < -0.39 is 63.8 Å². The number of para-hydroxylation sites is 1. The van der Waals surface area contributed by atoms with Crippen LogP contribution in [0.5, 0.6) is 11.5 Å². The second kappa shape index (κ2) is 8.48. The molecule has 0 heterocycles. The fraction of sp³-hybridized carbons (Fsp3) is 0.0952. The van der Waals surface area contributed by atoms with Crippen molar-refractivity contribution in [1.29, 1.82) is 0 Å². The van der Waals surface area contributed by atoms with Crippen LogP contribution in [0, 0.1) is 11.6 Å². The molecule has 1 amide bonds. The van der Waals surface area contributed by atoms with Crippen LogP contribution in [0.4, 0.5) is 40.8 Å². The Kier molecular flexibility index (Phi) is 6.11. The van der Waals surface area contributed by atoms with Gasteiger partial charge in [-0.2, -0.15) is 26.3 Å². The summed E-state index contributed by atoms with van der Waals surface area (Å²) in [6.45, 7) is 0. The van der Waals surface area contributed by atoms with Gasteiger partial charge in [-0.3, -0.25) is 4.79 Å². The number of anilines is 1. The SMILES string of the molecule is O=C(Nc1ccc(Oc2ccccc2C(F)(F)F)c(C(F)(F)F)c1)c1c(F)cccc1F. The molecule has 0 aromatic heterocycles. The number of amides is 1. The summed E-state index contributed by atoms with van der Waals surface area (Å²) >= 11 is 0. The molecular formula is C21H11F8NO2. The number of nitrogens with one attached hydrogen (secondary N) is 1. The predicted octanol–water partition coefficient (Wildman–Crippen LogP) is 7.05. The van der Waals surface area contributed by atoms with Gasteiger partial charge in [0.05, 0.1) is 5.56 Å². The summed E-state index contributed by atoms with van der Waals surface area (Å²) in [6, 6.07) is 8.19. The third kappa shape index (κ3) is 4.98. The summed E-state index contributed by atoms with van der Waals surface area (Å²) in [7, 11) is 0. The largest absolute Gasteiger partial charge is 0.456 e. The minimum Gasteiger partial charge on any atom is -0.456 e. The van der Waals surface area contributed by atoms with E-state index in [-0.39, 0.29) is 0 Å². The molecule has 0 saturated carbocycles. The minimum absolute atomic E-state index is 0.377. The van der Waals surface area contributed by atoms with Crippen molar-refractivity contribution in [3.8, 4) is 11.5 Å². The van der Waals surface area contributed by atoms with Crippen LogP contribution in [0.1, 0.15) is 21.5 Å². The van der Waals surface area contributed by atoms with E-state index >= 15 is 0 Å². The molecule has 0 aliphatic carbocycles. The Labute approximate surface area is 175 Å². The van der Waals surface area contributed by atoms with E-state index in [9.17, 15) is 39.9 Å². The van der Waals surface area contributed by atoms with Crippen LogP contribution in [-0.2, 0) is 12.4 Å². The summed E-state index contributed by atoms with van der Waals surface area (Å²) in [5.74, 6) is -5.66. The van der Waals surface area contributed by atoms with E-state index in [1.807, 2.05) is 5.32 Å². The van der Waals surface area contributed by atoms with Crippen molar-refractivity contribution in [1.82, 2.24) is 0 Å². The smallest absolute Gasteiger partial charge is 0.420 e. The minimum atomic E-state index is -5.09. The molecule has 32 heavy (non-hydrogen) atoms. The summed E-state index contributed by atoms with van der Waals surface area (Å²) < 4.78 is 112. The molecule has 0 saturated heterocycles. The first-order valence-electron chi connectivity index (χ1n) is 8.68. The Morgan fingerprint density at radius 3 is 1.88 bits per heavy atom. The number of hydrogen-bond acceptors (Lipinski definition) is 2. The van der Waals surface area contributed by atoms with Gasteiger partial charge in [0.1, 0.15) is 34.3 Å². The predicted molar refractivity (Wildman–Crippen MR) is 97.3 cm³/mol. The van der Waals surface area contributed by atoms with Crippen molar-refractivity contribution < 1.29 is 44.7 Å². The lowest BCUT2D eigenvalue weighted by Crippen LogP contribution is -2.17. The van der Waals surface area contributed by atoms with E-state index in [0.29, 0.717) is 18.2 Å². The molecule has 0 atom stereocenters. The van der Waals surface area contributed by atoms with Crippen LogP contribution in [0.15, 0.2) is 60.7 Å². The molecular weight excluding hydrogens is 450 g/mol. The quantitative estimate of drug-likeness (QED) is 0.423. The van der Waals surface area contributed by atoms with Gasteiger partial charge in [-0.1, -0.05) is 18.2 Å². The van der Waals surface area contributed by atoms with E-state index in [2.05, 4.69) is 0 Å². The zero-order valence-electron chi connectivity index (χ0n) is 15.6. The van der Waals surface area contributed by atoms with Crippen LogP contribution in [0.3, 0.4) is 0 Å². The molecule has 0 radical (unpaired) electrons. The van der Waals surface area contributed by atoms with E-state index in [1.165, 1.54) is 0 Å². The van der Waals surface area contributed by atoms with Gasteiger partial charge < -0.3 is 10.1 Å². The third-order valence-electron chi connectivity index (χ3n) is 4.15. The number of alkyl halides is 6. The van der Waals surface area contributed by atoms with Crippen LogP contribution in [0.25, 0.3) is 0 Å². The normalized spacial score (nSPS) is 11.9. The first-order chi connectivity index (χ1) is 14.9. The Morgan fingerprint density at radius 2 is 1.28 bits per heavy atom. The maximum Gasteiger partial charge on any atom is 0.420 e. The van der Waals surface area contributed by atoms with Gasteiger partial charge in [0.15, 0.2) is 0 Å². The van der Waals surface area contributed by atoms with Gasteiger partial charge in [0, 0.05) is 5.69 Å². The highest BCUT2D eigenvalue weighted by Gasteiger charge is 2.37. The summed E-state index contributed by atoms with van der Waals surface area (Å²) in [6.07, 6.45) is -9.97. The zero-order chi connectivity index (χ0) is 23.7. The van der Waals surface area contributed by atoms with Crippen molar-refractivity contribution in [2.75, 3.05) is 5.32 Å². The Hall–Kier alpha value is -3.63. The van der Waals surface area contributed by atoms with Gasteiger partial charge in [-0.15, -0.1) is 0 Å². The lowest BCUT2D eigenvalue weighted by Gasteiger charge is -2.18. The fourth-order valence-corrected chi connectivity index (χ4v) is 2.73. The fourth-order valence-electron chi connectivity index (χ4n) is 2.73. The summed E-state index contributed by atoms with van der Waals surface area (Å²) in [5, 5.41) is 1.92. The van der Waals surface area contributed by atoms with Gasteiger partial charge in [-0.25, -0.2) is 8.78 Å². The number of carbonyl (C=O) groups excluding carboxylic acids is 1. The summed E-state index contributed by atoms with van der Waals surface area (Å²) in [5.41, 5.74) is -4.33. The highest BCUT2D eigenvalue weighted by Crippen LogP contribution is 2.43. The second-order valence-corrected chi connectivity index (χ2v) is 6.36. The topological polar surface area (TPSA) is 38.3 Å². The van der Waals surface area contributed by atoms with Gasteiger partial charge in [-0.05, 0) is 42.5 Å². The molecule has 0 aliphatic rings. The van der Waals surface area contributed by atoms with Crippen LogP contribution in [-0.4, -0.2) is 5.91 Å². The third-order valence-corrected chi connectivity index (χ3v) is 4.15. The van der Waals surface area contributed by atoms with Crippen molar-refractivity contribution in [2.24, 2.45) is 0 Å². The zero-order valence-corrected chi connectivity index (χ0v) is 15.6. The van der Waals surface area contributed by atoms with Crippen molar-refractivity contribution >= 4 is 11.6 Å². The number of hydrogen-bond donors (Lipinski definition) is 1. The number of rotatable bonds is 4. The molecule has 0 unspecified atom stereocenters. The van der Waals surface area contributed by atoms with Gasteiger partial charge in [0.25, 0.3) is 5.91 Å². The molecule has 3 nitrogen and oxygen atoms in total. The van der Waals surface area contributed by atoms with Crippen molar-refractivity contribution in [3.05, 3.63) is 89.0 Å². The maximum absolute atomic E-state index is 13.7. The molecule has 168 valence electrons. The van der Waals surface area contributed by atoms with Crippen LogP contribution < -0.4 is 10.1 Å². The number of carbonyl (C=O) groups is 1.